The molecule has 0 radical (unpaired) electrons. The number of carbonyl (C=O) groups is 1. The molecule has 4 nitrogen and oxygen atoms in total. The van der Waals surface area contributed by atoms with Crippen molar-refractivity contribution in [2.45, 2.75) is 32.7 Å². The van der Waals surface area contributed by atoms with E-state index in [1.807, 2.05) is 50.4 Å². The monoisotopic (exact) mass is 289 g/mol. The van der Waals surface area contributed by atoms with E-state index in [1.165, 1.54) is 11.3 Å². The predicted octanol–water partition coefficient (Wildman–Crippen LogP) is 2.85. The molecule has 0 bridgehead atoms. The summed E-state index contributed by atoms with van der Waals surface area (Å²) >= 11 is 1.52. The molecular formula is C15H19N3OS. The number of carbonyl (C=O) groups excluding carboxylic acids is 1. The van der Waals surface area contributed by atoms with Crippen molar-refractivity contribution in [2.75, 3.05) is 5.73 Å². The fourth-order valence-electron chi connectivity index (χ4n) is 1.82. The normalized spacial score (nSPS) is 11.3. The Labute approximate surface area is 123 Å². The third kappa shape index (κ3) is 4.06. The summed E-state index contributed by atoms with van der Waals surface area (Å²) in [5.41, 5.74) is 8.03. The molecule has 0 atom stereocenters. The average Bonchev–Trinajstić information content (AvgIpc) is 2.74. The van der Waals surface area contributed by atoms with Gasteiger partial charge in [-0.1, -0.05) is 12.1 Å². The lowest BCUT2D eigenvalue weighted by Gasteiger charge is -2.20. The van der Waals surface area contributed by atoms with Crippen LogP contribution < -0.4 is 11.1 Å². The molecule has 20 heavy (non-hydrogen) atoms. The molecular weight excluding hydrogens is 270 g/mol. The third-order valence-corrected chi connectivity index (χ3v) is 3.48. The van der Waals surface area contributed by atoms with E-state index in [1.54, 1.807) is 0 Å². The summed E-state index contributed by atoms with van der Waals surface area (Å²) in [6.45, 7) is 5.89. The van der Waals surface area contributed by atoms with Gasteiger partial charge in [-0.05, 0) is 32.9 Å². The second kappa shape index (κ2) is 5.63. The molecule has 1 heterocycles. The summed E-state index contributed by atoms with van der Waals surface area (Å²) < 4.78 is 0. The maximum Gasteiger partial charge on any atom is 0.226 e. The van der Waals surface area contributed by atoms with Crippen LogP contribution in [0.5, 0.6) is 0 Å². The van der Waals surface area contributed by atoms with E-state index in [4.69, 9.17) is 5.73 Å². The molecule has 2 rings (SSSR count). The number of benzene rings is 1. The summed E-state index contributed by atoms with van der Waals surface area (Å²) in [5.74, 6) is -0.0121. The van der Waals surface area contributed by atoms with Gasteiger partial charge in [-0.25, -0.2) is 4.98 Å². The first-order valence-corrected chi connectivity index (χ1v) is 7.33. The van der Waals surface area contributed by atoms with Crippen LogP contribution in [0, 0.1) is 0 Å². The van der Waals surface area contributed by atoms with E-state index in [0.29, 0.717) is 12.1 Å². The molecule has 3 N–H and O–H groups in total. The van der Waals surface area contributed by atoms with Crippen molar-refractivity contribution < 1.29 is 4.79 Å². The van der Waals surface area contributed by atoms with Crippen molar-refractivity contribution in [3.05, 3.63) is 35.3 Å². The summed E-state index contributed by atoms with van der Waals surface area (Å²) in [4.78, 5) is 16.4. The number of nitrogens with zero attached hydrogens (tertiary/aromatic N) is 1. The van der Waals surface area contributed by atoms with Crippen LogP contribution in [0.15, 0.2) is 29.6 Å². The fraction of sp³-hybridized carbons (Fsp3) is 0.333. The van der Waals surface area contributed by atoms with Gasteiger partial charge < -0.3 is 11.1 Å². The van der Waals surface area contributed by atoms with Crippen LogP contribution in [0.25, 0.3) is 10.6 Å². The highest BCUT2D eigenvalue weighted by atomic mass is 32.1. The van der Waals surface area contributed by atoms with Gasteiger partial charge in [0.2, 0.25) is 5.91 Å². The molecule has 0 aliphatic rings. The van der Waals surface area contributed by atoms with Gasteiger partial charge in [0.15, 0.2) is 0 Å². The molecule has 5 heteroatoms. The minimum atomic E-state index is -0.218. The number of nitrogens with two attached hydrogens (primary N) is 1. The molecule has 0 aliphatic carbocycles. The Morgan fingerprint density at radius 3 is 2.80 bits per heavy atom. The first-order chi connectivity index (χ1) is 9.33. The Bertz CT molecular complexity index is 614. The van der Waals surface area contributed by atoms with Crippen molar-refractivity contribution in [1.29, 1.82) is 0 Å². The Morgan fingerprint density at radius 2 is 2.15 bits per heavy atom. The lowest BCUT2D eigenvalue weighted by atomic mass is 10.1. The van der Waals surface area contributed by atoms with Crippen LogP contribution in [0.1, 0.15) is 26.5 Å². The second-order valence-corrected chi connectivity index (χ2v) is 6.60. The molecule has 0 aliphatic heterocycles. The van der Waals surface area contributed by atoms with E-state index < -0.39 is 0 Å². The third-order valence-electron chi connectivity index (χ3n) is 2.54. The summed E-state index contributed by atoms with van der Waals surface area (Å²) in [7, 11) is 0. The molecule has 1 aromatic carbocycles. The summed E-state index contributed by atoms with van der Waals surface area (Å²) in [6.07, 6.45) is 0.302. The number of nitrogen functional groups attached to an aromatic ring is 1. The van der Waals surface area contributed by atoms with Crippen molar-refractivity contribution in [3.63, 3.8) is 0 Å². The molecule has 0 fully saturated rings. The zero-order valence-electron chi connectivity index (χ0n) is 11.9. The highest BCUT2D eigenvalue weighted by Gasteiger charge is 2.15. The number of thiazole rings is 1. The first-order valence-electron chi connectivity index (χ1n) is 6.45. The smallest absolute Gasteiger partial charge is 0.226 e. The van der Waals surface area contributed by atoms with E-state index in [9.17, 15) is 4.79 Å². The highest BCUT2D eigenvalue weighted by Crippen LogP contribution is 2.25. The van der Waals surface area contributed by atoms with Gasteiger partial charge in [-0.15, -0.1) is 11.3 Å². The molecule has 0 unspecified atom stereocenters. The Balaban J connectivity index is 2.08. The summed E-state index contributed by atoms with van der Waals surface area (Å²) in [5, 5.41) is 5.73. The zero-order valence-corrected chi connectivity index (χ0v) is 12.8. The van der Waals surface area contributed by atoms with Crippen LogP contribution in [-0.4, -0.2) is 16.4 Å². The van der Waals surface area contributed by atoms with Gasteiger partial charge in [-0.3, -0.25) is 4.79 Å². The van der Waals surface area contributed by atoms with Gasteiger partial charge in [0, 0.05) is 22.2 Å². The van der Waals surface area contributed by atoms with Gasteiger partial charge in [-0.2, -0.15) is 0 Å². The maximum atomic E-state index is 11.9. The summed E-state index contributed by atoms with van der Waals surface area (Å²) in [6, 6.07) is 7.60. The number of anilines is 1. The number of nitrogens with one attached hydrogen (secondary N) is 1. The second-order valence-electron chi connectivity index (χ2n) is 5.74. The predicted molar refractivity (Wildman–Crippen MR) is 83.6 cm³/mol. The SMILES string of the molecule is CC(C)(C)NC(=O)Cc1csc(-c2cccc(N)c2)n1. The quantitative estimate of drug-likeness (QED) is 0.854. The molecule has 2 aromatic rings. The largest absolute Gasteiger partial charge is 0.399 e. The minimum Gasteiger partial charge on any atom is -0.399 e. The fourth-order valence-corrected chi connectivity index (χ4v) is 2.64. The van der Waals surface area contributed by atoms with Gasteiger partial charge >= 0.3 is 0 Å². The molecule has 0 saturated carbocycles. The molecule has 1 aromatic heterocycles. The van der Waals surface area contributed by atoms with Crippen LogP contribution in [0.4, 0.5) is 5.69 Å². The molecule has 0 saturated heterocycles. The first kappa shape index (κ1) is 14.5. The minimum absolute atomic E-state index is 0.0121. The zero-order chi connectivity index (χ0) is 14.8. The highest BCUT2D eigenvalue weighted by molar-refractivity contribution is 7.13. The Morgan fingerprint density at radius 1 is 1.40 bits per heavy atom. The maximum absolute atomic E-state index is 11.9. The number of amides is 1. The van der Waals surface area contributed by atoms with Crippen LogP contribution in [-0.2, 0) is 11.2 Å². The van der Waals surface area contributed by atoms with Gasteiger partial charge in [0.1, 0.15) is 5.01 Å². The Hall–Kier alpha value is -1.88. The van der Waals surface area contributed by atoms with Gasteiger partial charge in [0.05, 0.1) is 12.1 Å². The van der Waals surface area contributed by atoms with Crippen molar-refractivity contribution in [3.8, 4) is 10.6 Å². The van der Waals surface area contributed by atoms with Crippen molar-refractivity contribution >= 4 is 22.9 Å². The topological polar surface area (TPSA) is 68.0 Å². The Kier molecular flexibility index (Phi) is 4.09. The lowest BCUT2D eigenvalue weighted by molar-refractivity contribution is -0.121. The van der Waals surface area contributed by atoms with E-state index in [0.717, 1.165) is 16.3 Å². The van der Waals surface area contributed by atoms with E-state index in [2.05, 4.69) is 10.3 Å². The van der Waals surface area contributed by atoms with Crippen molar-refractivity contribution in [2.24, 2.45) is 0 Å². The average molecular weight is 289 g/mol. The van der Waals surface area contributed by atoms with Crippen LogP contribution in [0.3, 0.4) is 0 Å². The van der Waals surface area contributed by atoms with Gasteiger partial charge in [0.25, 0.3) is 0 Å². The van der Waals surface area contributed by atoms with Crippen LogP contribution in [0.2, 0.25) is 0 Å². The standard InChI is InChI=1S/C15H19N3OS/c1-15(2,3)18-13(19)8-12-9-20-14(17-12)10-5-4-6-11(16)7-10/h4-7,9H,8,16H2,1-3H3,(H,18,19). The van der Waals surface area contributed by atoms with E-state index in [-0.39, 0.29) is 11.4 Å². The van der Waals surface area contributed by atoms with E-state index >= 15 is 0 Å². The molecule has 1 amide bonds. The lowest BCUT2D eigenvalue weighted by Crippen LogP contribution is -2.41. The number of hydrogen-bond acceptors (Lipinski definition) is 4. The van der Waals surface area contributed by atoms with Crippen LogP contribution >= 0.6 is 11.3 Å². The molecule has 106 valence electrons. The molecule has 0 spiro atoms. The number of rotatable bonds is 3. The number of hydrogen-bond donors (Lipinski definition) is 2. The van der Waals surface area contributed by atoms with Crippen molar-refractivity contribution in [1.82, 2.24) is 10.3 Å². The number of aromatic nitrogens is 1.